The minimum Gasteiger partial charge on any atom is -0.338 e. The van der Waals surface area contributed by atoms with Gasteiger partial charge in [-0.2, -0.15) is 0 Å². The number of carbonyl (C=O) groups excluding carboxylic acids is 1. The van der Waals surface area contributed by atoms with E-state index >= 15 is 0 Å². The van der Waals surface area contributed by atoms with E-state index in [0.29, 0.717) is 6.04 Å². The van der Waals surface area contributed by atoms with E-state index < -0.39 is 0 Å². The molecule has 1 N–H and O–H groups in total. The first-order valence-electron chi connectivity index (χ1n) is 7.69. The molecule has 0 saturated carbocycles. The van der Waals surface area contributed by atoms with Gasteiger partial charge in [0.2, 0.25) is 0 Å². The highest BCUT2D eigenvalue weighted by atomic mass is 32.1. The third-order valence-corrected chi connectivity index (χ3v) is 5.84. The standard InChI is InChI=1S/C16H21N3OS2/c1-12-11-22-15(18-12)4-7-17-13-5-8-19(9-6-13)16(20)14-3-2-10-21-14/h2-3,10-11,13,17H,4-9H2,1H3. The van der Waals surface area contributed by atoms with Gasteiger partial charge >= 0.3 is 0 Å². The first-order valence-corrected chi connectivity index (χ1v) is 9.45. The zero-order valence-corrected chi connectivity index (χ0v) is 14.4. The summed E-state index contributed by atoms with van der Waals surface area (Å²) in [4.78, 5) is 19.6. The number of hydrogen-bond donors (Lipinski definition) is 1. The van der Waals surface area contributed by atoms with Crippen LogP contribution in [0.15, 0.2) is 22.9 Å². The molecule has 6 heteroatoms. The van der Waals surface area contributed by atoms with Crippen LogP contribution in [0.3, 0.4) is 0 Å². The summed E-state index contributed by atoms with van der Waals surface area (Å²) in [6.45, 7) is 4.71. The minimum atomic E-state index is 0.187. The van der Waals surface area contributed by atoms with Crippen LogP contribution in [0.4, 0.5) is 0 Å². The first kappa shape index (κ1) is 15.6. The first-order chi connectivity index (χ1) is 10.7. The van der Waals surface area contributed by atoms with E-state index in [1.807, 2.05) is 29.3 Å². The van der Waals surface area contributed by atoms with E-state index in [0.717, 1.165) is 49.5 Å². The van der Waals surface area contributed by atoms with Gasteiger partial charge in [-0.25, -0.2) is 4.98 Å². The lowest BCUT2D eigenvalue weighted by atomic mass is 10.0. The van der Waals surface area contributed by atoms with Crippen LogP contribution in [-0.2, 0) is 6.42 Å². The summed E-state index contributed by atoms with van der Waals surface area (Å²) in [7, 11) is 0. The van der Waals surface area contributed by atoms with Gasteiger partial charge in [-0.1, -0.05) is 6.07 Å². The Balaban J connectivity index is 1.39. The molecule has 118 valence electrons. The molecule has 1 amide bonds. The fraction of sp³-hybridized carbons (Fsp3) is 0.500. The van der Waals surface area contributed by atoms with Crippen LogP contribution >= 0.6 is 22.7 Å². The second-order valence-electron chi connectivity index (χ2n) is 5.63. The number of likely N-dealkylation sites (tertiary alicyclic amines) is 1. The van der Waals surface area contributed by atoms with Crippen LogP contribution in [0.5, 0.6) is 0 Å². The van der Waals surface area contributed by atoms with Crippen molar-refractivity contribution in [3.05, 3.63) is 38.5 Å². The SMILES string of the molecule is Cc1csc(CCNC2CCN(C(=O)c3cccs3)CC2)n1. The van der Waals surface area contributed by atoms with Crippen LogP contribution in [0.25, 0.3) is 0 Å². The summed E-state index contributed by atoms with van der Waals surface area (Å²) < 4.78 is 0. The molecule has 3 rings (SSSR count). The summed E-state index contributed by atoms with van der Waals surface area (Å²) in [5, 5.41) is 8.87. The third kappa shape index (κ3) is 3.94. The number of carbonyl (C=O) groups is 1. The summed E-state index contributed by atoms with van der Waals surface area (Å²) in [5.74, 6) is 0.187. The van der Waals surface area contributed by atoms with Gasteiger partial charge < -0.3 is 10.2 Å². The number of amides is 1. The highest BCUT2D eigenvalue weighted by molar-refractivity contribution is 7.12. The lowest BCUT2D eigenvalue weighted by molar-refractivity contribution is 0.0710. The molecular formula is C16H21N3OS2. The van der Waals surface area contributed by atoms with Crippen LogP contribution in [0.2, 0.25) is 0 Å². The third-order valence-electron chi connectivity index (χ3n) is 3.95. The van der Waals surface area contributed by atoms with Crippen molar-refractivity contribution < 1.29 is 4.79 Å². The van der Waals surface area contributed by atoms with Gasteiger partial charge in [0.1, 0.15) is 0 Å². The van der Waals surface area contributed by atoms with Gasteiger partial charge in [0.25, 0.3) is 5.91 Å². The number of thiophene rings is 1. The number of aryl methyl sites for hydroxylation is 1. The Labute approximate surface area is 139 Å². The molecule has 0 unspecified atom stereocenters. The monoisotopic (exact) mass is 335 g/mol. The Hall–Kier alpha value is -1.24. The zero-order chi connectivity index (χ0) is 15.4. The molecule has 0 bridgehead atoms. The maximum Gasteiger partial charge on any atom is 0.263 e. The number of nitrogens with zero attached hydrogens (tertiary/aromatic N) is 2. The average Bonchev–Trinajstić information content (AvgIpc) is 3.19. The molecule has 2 aromatic heterocycles. The maximum atomic E-state index is 12.3. The number of rotatable bonds is 5. The Morgan fingerprint density at radius 1 is 1.41 bits per heavy atom. The van der Waals surface area contributed by atoms with Crippen LogP contribution in [-0.4, -0.2) is 41.5 Å². The lowest BCUT2D eigenvalue weighted by Gasteiger charge is -2.32. The quantitative estimate of drug-likeness (QED) is 0.914. The fourth-order valence-electron chi connectivity index (χ4n) is 2.74. The molecule has 2 aromatic rings. The van der Waals surface area contributed by atoms with E-state index in [4.69, 9.17) is 0 Å². The summed E-state index contributed by atoms with van der Waals surface area (Å²) in [5.41, 5.74) is 1.11. The van der Waals surface area contributed by atoms with Gasteiger partial charge in [-0.05, 0) is 31.2 Å². The Bertz CT molecular complexity index is 601. The molecule has 0 aliphatic carbocycles. The molecule has 4 nitrogen and oxygen atoms in total. The number of piperidine rings is 1. The van der Waals surface area contributed by atoms with E-state index in [1.165, 1.54) is 16.3 Å². The number of nitrogens with one attached hydrogen (secondary N) is 1. The van der Waals surface area contributed by atoms with Gasteiger partial charge in [0.05, 0.1) is 9.88 Å². The van der Waals surface area contributed by atoms with Gasteiger partial charge in [-0.3, -0.25) is 4.79 Å². The van der Waals surface area contributed by atoms with E-state index in [-0.39, 0.29) is 5.91 Å². The highest BCUT2D eigenvalue weighted by Crippen LogP contribution is 2.17. The van der Waals surface area contributed by atoms with Crippen molar-refractivity contribution >= 4 is 28.6 Å². The van der Waals surface area contributed by atoms with E-state index in [2.05, 4.69) is 15.7 Å². The highest BCUT2D eigenvalue weighted by Gasteiger charge is 2.23. The number of thiazole rings is 1. The molecule has 0 spiro atoms. The largest absolute Gasteiger partial charge is 0.338 e. The maximum absolute atomic E-state index is 12.3. The second-order valence-corrected chi connectivity index (χ2v) is 7.52. The molecule has 0 atom stereocenters. The van der Waals surface area contributed by atoms with Gasteiger partial charge in [0, 0.05) is 43.2 Å². The normalized spacial score (nSPS) is 16.1. The van der Waals surface area contributed by atoms with Crippen LogP contribution in [0.1, 0.15) is 33.2 Å². The molecule has 1 fully saturated rings. The lowest BCUT2D eigenvalue weighted by Crippen LogP contribution is -2.45. The summed E-state index contributed by atoms with van der Waals surface area (Å²) >= 11 is 3.26. The molecule has 1 aliphatic rings. The molecule has 0 aromatic carbocycles. The van der Waals surface area contributed by atoms with Crippen molar-refractivity contribution in [1.82, 2.24) is 15.2 Å². The topological polar surface area (TPSA) is 45.2 Å². The molecule has 0 radical (unpaired) electrons. The van der Waals surface area contributed by atoms with Gasteiger partial charge in [0.15, 0.2) is 0 Å². The van der Waals surface area contributed by atoms with Crippen molar-refractivity contribution in [3.63, 3.8) is 0 Å². The van der Waals surface area contributed by atoms with E-state index in [1.54, 1.807) is 11.3 Å². The molecular weight excluding hydrogens is 314 g/mol. The Morgan fingerprint density at radius 3 is 2.86 bits per heavy atom. The molecule has 1 aliphatic heterocycles. The average molecular weight is 335 g/mol. The Morgan fingerprint density at radius 2 is 2.23 bits per heavy atom. The van der Waals surface area contributed by atoms with Crippen molar-refractivity contribution in [2.75, 3.05) is 19.6 Å². The number of hydrogen-bond acceptors (Lipinski definition) is 5. The van der Waals surface area contributed by atoms with Crippen LogP contribution in [0, 0.1) is 6.92 Å². The van der Waals surface area contributed by atoms with Crippen molar-refractivity contribution in [2.45, 2.75) is 32.2 Å². The van der Waals surface area contributed by atoms with Crippen molar-refractivity contribution in [3.8, 4) is 0 Å². The molecule has 22 heavy (non-hydrogen) atoms. The van der Waals surface area contributed by atoms with E-state index in [9.17, 15) is 4.79 Å². The second kappa shape index (κ2) is 7.35. The molecule has 3 heterocycles. The van der Waals surface area contributed by atoms with Crippen LogP contribution < -0.4 is 5.32 Å². The number of aromatic nitrogens is 1. The minimum absolute atomic E-state index is 0.187. The zero-order valence-electron chi connectivity index (χ0n) is 12.7. The predicted molar refractivity (Wildman–Crippen MR) is 91.8 cm³/mol. The van der Waals surface area contributed by atoms with Crippen molar-refractivity contribution in [2.24, 2.45) is 0 Å². The molecule has 1 saturated heterocycles. The smallest absolute Gasteiger partial charge is 0.263 e. The van der Waals surface area contributed by atoms with Crippen molar-refractivity contribution in [1.29, 1.82) is 0 Å². The summed E-state index contributed by atoms with van der Waals surface area (Å²) in [6, 6.07) is 4.37. The fourth-order valence-corrected chi connectivity index (χ4v) is 4.21. The Kier molecular flexibility index (Phi) is 5.23. The van der Waals surface area contributed by atoms with Gasteiger partial charge in [-0.15, -0.1) is 22.7 Å². The predicted octanol–water partition coefficient (Wildman–Crippen LogP) is 2.95. The summed E-state index contributed by atoms with van der Waals surface area (Å²) in [6.07, 6.45) is 3.06.